The lowest BCUT2D eigenvalue weighted by Crippen LogP contribution is -2.23. The highest BCUT2D eigenvalue weighted by Crippen LogP contribution is 2.36. The van der Waals surface area contributed by atoms with E-state index in [1.165, 1.54) is 17.0 Å². The predicted molar refractivity (Wildman–Crippen MR) is 82.4 cm³/mol. The molecule has 0 fully saturated rings. The summed E-state index contributed by atoms with van der Waals surface area (Å²) in [5.41, 5.74) is 3.28. The second-order valence-electron chi connectivity index (χ2n) is 4.49. The first-order chi connectivity index (χ1) is 9.01. The lowest BCUT2D eigenvalue weighted by Gasteiger charge is -2.17. The number of thiophene rings is 1. The quantitative estimate of drug-likeness (QED) is 0.903. The molecule has 1 N–H and O–H groups in total. The molecule has 6 heteroatoms. The topological polar surface area (TPSA) is 29.9 Å². The molecule has 2 heterocycles. The second kappa shape index (κ2) is 6.27. The molecular weight excluding hydrogens is 301 g/mol. The van der Waals surface area contributed by atoms with Gasteiger partial charge in [-0.25, -0.2) is 0 Å². The molecule has 104 valence electrons. The Morgan fingerprint density at radius 3 is 2.63 bits per heavy atom. The van der Waals surface area contributed by atoms with E-state index in [1.807, 2.05) is 24.7 Å². The van der Waals surface area contributed by atoms with E-state index in [0.29, 0.717) is 0 Å². The van der Waals surface area contributed by atoms with E-state index in [4.69, 9.17) is 23.2 Å². The molecule has 1 unspecified atom stereocenters. The SMILES string of the molecule is CCNC(Cc1cc(C)nn1C)c1cc(Cl)sc1Cl. The molecule has 2 aromatic heterocycles. The number of nitrogens with one attached hydrogen (secondary N) is 1. The van der Waals surface area contributed by atoms with Crippen LogP contribution in [-0.2, 0) is 13.5 Å². The van der Waals surface area contributed by atoms with Crippen LogP contribution in [0.1, 0.15) is 29.9 Å². The molecule has 0 aliphatic heterocycles. The summed E-state index contributed by atoms with van der Waals surface area (Å²) in [5, 5.41) is 7.84. The molecule has 2 rings (SSSR count). The van der Waals surface area contributed by atoms with Crippen LogP contribution in [0.3, 0.4) is 0 Å². The number of likely N-dealkylation sites (N-methyl/N-ethyl adjacent to an activating group) is 1. The van der Waals surface area contributed by atoms with Crippen molar-refractivity contribution in [2.24, 2.45) is 7.05 Å². The number of hydrogen-bond donors (Lipinski definition) is 1. The van der Waals surface area contributed by atoms with Crippen molar-refractivity contribution in [1.82, 2.24) is 15.1 Å². The lowest BCUT2D eigenvalue weighted by atomic mass is 10.0. The number of aromatic nitrogens is 2. The molecule has 2 aromatic rings. The number of nitrogens with zero attached hydrogens (tertiary/aromatic N) is 2. The standard InChI is InChI=1S/C13H17Cl2N3S/c1-4-16-11(10-7-12(14)19-13(10)15)6-9-5-8(2)17-18(9)3/h5,7,11,16H,4,6H2,1-3H3. The zero-order valence-corrected chi connectivity index (χ0v) is 13.5. The number of aryl methyl sites for hydroxylation is 2. The maximum absolute atomic E-state index is 6.26. The molecule has 0 saturated carbocycles. The van der Waals surface area contributed by atoms with Gasteiger partial charge in [0.1, 0.15) is 0 Å². The zero-order chi connectivity index (χ0) is 14.0. The van der Waals surface area contributed by atoms with Crippen molar-refractivity contribution in [1.29, 1.82) is 0 Å². The minimum absolute atomic E-state index is 0.163. The summed E-state index contributed by atoms with van der Waals surface area (Å²) in [6, 6.07) is 4.22. The van der Waals surface area contributed by atoms with Crippen molar-refractivity contribution in [2.45, 2.75) is 26.3 Å². The zero-order valence-electron chi connectivity index (χ0n) is 11.2. The maximum Gasteiger partial charge on any atom is 0.0992 e. The van der Waals surface area contributed by atoms with E-state index in [2.05, 4.69) is 23.4 Å². The average Bonchev–Trinajstić information content (AvgIpc) is 2.81. The van der Waals surface area contributed by atoms with Crippen molar-refractivity contribution in [2.75, 3.05) is 6.54 Å². The summed E-state index contributed by atoms with van der Waals surface area (Å²) in [7, 11) is 1.97. The van der Waals surface area contributed by atoms with E-state index in [-0.39, 0.29) is 6.04 Å². The van der Waals surface area contributed by atoms with Gasteiger partial charge in [0.25, 0.3) is 0 Å². The highest BCUT2D eigenvalue weighted by molar-refractivity contribution is 7.20. The maximum atomic E-state index is 6.26. The molecule has 1 atom stereocenters. The van der Waals surface area contributed by atoms with Gasteiger partial charge in [0.05, 0.1) is 14.4 Å². The van der Waals surface area contributed by atoms with Crippen LogP contribution in [0.4, 0.5) is 0 Å². The predicted octanol–water partition coefficient (Wildman–Crippen LogP) is 3.99. The molecule has 0 spiro atoms. The second-order valence-corrected chi connectivity index (χ2v) is 6.78. The minimum Gasteiger partial charge on any atom is -0.310 e. The molecule has 0 radical (unpaired) electrons. The Morgan fingerprint density at radius 2 is 2.16 bits per heavy atom. The first kappa shape index (κ1) is 14.9. The summed E-state index contributed by atoms with van der Waals surface area (Å²) < 4.78 is 3.40. The Balaban J connectivity index is 2.26. The van der Waals surface area contributed by atoms with Crippen LogP contribution >= 0.6 is 34.5 Å². The van der Waals surface area contributed by atoms with E-state index in [0.717, 1.165) is 32.9 Å². The highest BCUT2D eigenvalue weighted by atomic mass is 35.5. The Bertz CT molecular complexity index is 562. The summed E-state index contributed by atoms with van der Waals surface area (Å²) in [4.78, 5) is 0. The first-order valence-electron chi connectivity index (χ1n) is 6.19. The summed E-state index contributed by atoms with van der Waals surface area (Å²) in [6.45, 7) is 4.97. The van der Waals surface area contributed by atoms with Gasteiger partial charge in [-0.1, -0.05) is 30.1 Å². The van der Waals surface area contributed by atoms with Crippen LogP contribution in [0.15, 0.2) is 12.1 Å². The van der Waals surface area contributed by atoms with Gasteiger partial charge in [0.15, 0.2) is 0 Å². The normalized spacial score (nSPS) is 12.9. The fraction of sp³-hybridized carbons (Fsp3) is 0.462. The van der Waals surface area contributed by atoms with Crippen molar-refractivity contribution in [3.05, 3.63) is 37.8 Å². The molecule has 0 aliphatic carbocycles. The number of halogens is 2. The first-order valence-corrected chi connectivity index (χ1v) is 7.76. The molecule has 0 bridgehead atoms. The fourth-order valence-corrected chi connectivity index (χ4v) is 3.77. The monoisotopic (exact) mass is 317 g/mol. The van der Waals surface area contributed by atoms with Crippen molar-refractivity contribution >= 4 is 34.5 Å². The van der Waals surface area contributed by atoms with Gasteiger partial charge in [0.2, 0.25) is 0 Å². The van der Waals surface area contributed by atoms with E-state index in [9.17, 15) is 0 Å². The fourth-order valence-electron chi connectivity index (χ4n) is 2.19. The largest absolute Gasteiger partial charge is 0.310 e. The third-order valence-electron chi connectivity index (χ3n) is 3.02. The van der Waals surface area contributed by atoms with Crippen LogP contribution in [0, 0.1) is 6.92 Å². The van der Waals surface area contributed by atoms with Crippen LogP contribution in [0.2, 0.25) is 8.67 Å². The average molecular weight is 318 g/mol. The van der Waals surface area contributed by atoms with Gasteiger partial charge >= 0.3 is 0 Å². The van der Waals surface area contributed by atoms with Crippen LogP contribution < -0.4 is 5.32 Å². The summed E-state index contributed by atoms with van der Waals surface area (Å²) in [6.07, 6.45) is 0.845. The minimum atomic E-state index is 0.163. The van der Waals surface area contributed by atoms with E-state index in [1.54, 1.807) is 0 Å². The Morgan fingerprint density at radius 1 is 1.42 bits per heavy atom. The summed E-state index contributed by atoms with van der Waals surface area (Å²) >= 11 is 13.7. The van der Waals surface area contributed by atoms with Crippen molar-refractivity contribution in [3.8, 4) is 0 Å². The Hall–Kier alpha value is -0.550. The lowest BCUT2D eigenvalue weighted by molar-refractivity contribution is 0.530. The third kappa shape index (κ3) is 3.51. The summed E-state index contributed by atoms with van der Waals surface area (Å²) in [5.74, 6) is 0. The van der Waals surface area contributed by atoms with Crippen molar-refractivity contribution in [3.63, 3.8) is 0 Å². The van der Waals surface area contributed by atoms with Gasteiger partial charge in [-0.05, 0) is 25.6 Å². The molecule has 3 nitrogen and oxygen atoms in total. The molecule has 0 amide bonds. The number of rotatable bonds is 5. The third-order valence-corrected chi connectivity index (χ3v) is 4.54. The van der Waals surface area contributed by atoms with Gasteiger partial charge in [0, 0.05) is 30.8 Å². The van der Waals surface area contributed by atoms with Gasteiger partial charge in [-0.3, -0.25) is 4.68 Å². The van der Waals surface area contributed by atoms with Gasteiger partial charge < -0.3 is 5.32 Å². The highest BCUT2D eigenvalue weighted by Gasteiger charge is 2.19. The van der Waals surface area contributed by atoms with Crippen molar-refractivity contribution < 1.29 is 0 Å². The van der Waals surface area contributed by atoms with Gasteiger partial charge in [-0.15, -0.1) is 11.3 Å². The molecule has 0 saturated heterocycles. The Labute approximate surface area is 127 Å². The van der Waals surface area contributed by atoms with E-state index < -0.39 is 0 Å². The molecular formula is C13H17Cl2N3S. The smallest absolute Gasteiger partial charge is 0.0992 e. The molecule has 0 aromatic carbocycles. The van der Waals surface area contributed by atoms with Crippen LogP contribution in [0.5, 0.6) is 0 Å². The Kier molecular flexibility index (Phi) is 4.90. The number of hydrogen-bond acceptors (Lipinski definition) is 3. The van der Waals surface area contributed by atoms with Crippen LogP contribution in [0.25, 0.3) is 0 Å². The molecule has 0 aliphatic rings. The van der Waals surface area contributed by atoms with Crippen LogP contribution in [-0.4, -0.2) is 16.3 Å². The van der Waals surface area contributed by atoms with E-state index >= 15 is 0 Å². The molecule has 19 heavy (non-hydrogen) atoms. The van der Waals surface area contributed by atoms with Gasteiger partial charge in [-0.2, -0.15) is 5.10 Å².